The molecule has 1 aliphatic rings. The third-order valence-electron chi connectivity index (χ3n) is 3.72. The van der Waals surface area contributed by atoms with Gasteiger partial charge >= 0.3 is 0 Å². The molecule has 1 aromatic heterocycles. The van der Waals surface area contributed by atoms with Crippen LogP contribution >= 0.6 is 23.2 Å². The number of hydrogen-bond acceptors (Lipinski definition) is 4. The number of nitrogens with one attached hydrogen (secondary N) is 1. The molecular formula is C13H20Cl2N4. The van der Waals surface area contributed by atoms with Crippen LogP contribution in [0, 0.1) is 0 Å². The third kappa shape index (κ3) is 3.25. The van der Waals surface area contributed by atoms with E-state index in [0.717, 1.165) is 31.7 Å². The Bertz CT molecular complexity index is 445. The fourth-order valence-corrected chi connectivity index (χ4v) is 3.02. The van der Waals surface area contributed by atoms with Gasteiger partial charge < -0.3 is 15.1 Å². The fourth-order valence-electron chi connectivity index (χ4n) is 2.43. The molecule has 0 saturated carbocycles. The largest absolute Gasteiger partial charge is 0.372 e. The number of piperidine rings is 1. The lowest BCUT2D eigenvalue weighted by molar-refractivity contribution is 0.252. The first-order valence-electron chi connectivity index (χ1n) is 6.48. The van der Waals surface area contributed by atoms with E-state index in [0.29, 0.717) is 21.9 Å². The van der Waals surface area contributed by atoms with Crippen LogP contribution in [0.5, 0.6) is 0 Å². The summed E-state index contributed by atoms with van der Waals surface area (Å²) in [5.41, 5.74) is 0. The summed E-state index contributed by atoms with van der Waals surface area (Å²) >= 11 is 12.4. The van der Waals surface area contributed by atoms with Gasteiger partial charge in [-0.15, -0.1) is 0 Å². The topological polar surface area (TPSA) is 31.4 Å². The average Bonchev–Trinajstić information content (AvgIpc) is 2.39. The van der Waals surface area contributed by atoms with E-state index in [1.807, 2.05) is 7.05 Å². The minimum Gasteiger partial charge on any atom is -0.372 e. The molecule has 0 spiro atoms. The molecule has 6 heteroatoms. The number of halogens is 2. The zero-order valence-electron chi connectivity index (χ0n) is 11.6. The minimum atomic E-state index is 0.479. The number of aromatic nitrogens is 1. The lowest BCUT2D eigenvalue weighted by atomic mass is 10.0. The van der Waals surface area contributed by atoms with E-state index in [4.69, 9.17) is 23.2 Å². The van der Waals surface area contributed by atoms with E-state index in [1.165, 1.54) is 0 Å². The van der Waals surface area contributed by atoms with Gasteiger partial charge in [0.2, 0.25) is 0 Å². The van der Waals surface area contributed by atoms with Gasteiger partial charge in [0.1, 0.15) is 11.6 Å². The minimum absolute atomic E-state index is 0.479. The zero-order chi connectivity index (χ0) is 14.0. The molecule has 4 nitrogen and oxygen atoms in total. The monoisotopic (exact) mass is 302 g/mol. The summed E-state index contributed by atoms with van der Waals surface area (Å²) < 4.78 is 0. The van der Waals surface area contributed by atoms with E-state index >= 15 is 0 Å². The second kappa shape index (κ2) is 6.16. The predicted molar refractivity (Wildman–Crippen MR) is 82.7 cm³/mol. The SMILES string of the molecule is CNc1nc(N(C)C2CCN(C)CC2)c(Cl)cc1Cl. The van der Waals surface area contributed by atoms with Crippen LogP contribution in [0.1, 0.15) is 12.8 Å². The van der Waals surface area contributed by atoms with Gasteiger partial charge in [0.25, 0.3) is 0 Å². The van der Waals surface area contributed by atoms with Crippen molar-refractivity contribution in [3.05, 3.63) is 16.1 Å². The van der Waals surface area contributed by atoms with Crippen LogP contribution < -0.4 is 10.2 Å². The van der Waals surface area contributed by atoms with Crippen molar-refractivity contribution in [3.63, 3.8) is 0 Å². The second-order valence-electron chi connectivity index (χ2n) is 5.02. The Morgan fingerprint density at radius 1 is 1.32 bits per heavy atom. The van der Waals surface area contributed by atoms with Crippen LogP contribution in [0.15, 0.2) is 6.07 Å². The van der Waals surface area contributed by atoms with E-state index in [2.05, 4.69) is 34.2 Å². The molecule has 0 amide bonds. The summed E-state index contributed by atoms with van der Waals surface area (Å²) in [5, 5.41) is 4.14. The second-order valence-corrected chi connectivity index (χ2v) is 5.83. The van der Waals surface area contributed by atoms with Gasteiger partial charge in [-0.3, -0.25) is 0 Å². The number of rotatable bonds is 3. The molecule has 1 fully saturated rings. The Balaban J connectivity index is 2.21. The Kier molecular flexibility index (Phi) is 4.76. The number of nitrogens with zero attached hydrogens (tertiary/aromatic N) is 3. The van der Waals surface area contributed by atoms with Gasteiger partial charge in [-0.2, -0.15) is 0 Å². The van der Waals surface area contributed by atoms with Crippen molar-refractivity contribution in [2.24, 2.45) is 0 Å². The summed E-state index contributed by atoms with van der Waals surface area (Å²) in [6.45, 7) is 2.22. The van der Waals surface area contributed by atoms with Crippen molar-refractivity contribution >= 4 is 34.8 Å². The van der Waals surface area contributed by atoms with Gasteiger partial charge in [-0.1, -0.05) is 23.2 Å². The molecular weight excluding hydrogens is 283 g/mol. The van der Waals surface area contributed by atoms with Crippen LogP contribution in [0.4, 0.5) is 11.6 Å². The smallest absolute Gasteiger partial charge is 0.149 e. The van der Waals surface area contributed by atoms with Crippen LogP contribution in [0.3, 0.4) is 0 Å². The summed E-state index contributed by atoms with van der Waals surface area (Å²) in [4.78, 5) is 9.04. The maximum Gasteiger partial charge on any atom is 0.149 e. The highest BCUT2D eigenvalue weighted by Gasteiger charge is 2.23. The number of pyridine rings is 1. The summed E-state index contributed by atoms with van der Waals surface area (Å²) in [6.07, 6.45) is 2.26. The maximum atomic E-state index is 6.27. The Morgan fingerprint density at radius 2 is 1.95 bits per heavy atom. The molecule has 0 aliphatic carbocycles. The Morgan fingerprint density at radius 3 is 2.53 bits per heavy atom. The van der Waals surface area contributed by atoms with E-state index in [1.54, 1.807) is 6.07 Å². The van der Waals surface area contributed by atoms with Gasteiger partial charge in [0.05, 0.1) is 10.0 Å². The van der Waals surface area contributed by atoms with Gasteiger partial charge in [0.15, 0.2) is 0 Å². The summed E-state index contributed by atoms with van der Waals surface area (Å²) in [5.74, 6) is 1.46. The Hall–Kier alpha value is -0.710. The van der Waals surface area contributed by atoms with Crippen LogP contribution in [0.25, 0.3) is 0 Å². The quantitative estimate of drug-likeness (QED) is 0.930. The van der Waals surface area contributed by atoms with Crippen molar-refractivity contribution in [2.75, 3.05) is 44.4 Å². The highest BCUT2D eigenvalue weighted by atomic mass is 35.5. The molecule has 2 heterocycles. The molecule has 1 aliphatic heterocycles. The van der Waals surface area contributed by atoms with Crippen LogP contribution in [-0.2, 0) is 0 Å². The van der Waals surface area contributed by atoms with Crippen molar-refractivity contribution in [1.82, 2.24) is 9.88 Å². The molecule has 1 N–H and O–H groups in total. The van der Waals surface area contributed by atoms with Crippen LogP contribution in [-0.4, -0.2) is 50.2 Å². The molecule has 0 atom stereocenters. The van der Waals surface area contributed by atoms with Crippen molar-refractivity contribution in [1.29, 1.82) is 0 Å². The van der Waals surface area contributed by atoms with Gasteiger partial charge in [-0.25, -0.2) is 4.98 Å². The molecule has 2 rings (SSSR count). The first-order chi connectivity index (χ1) is 9.02. The van der Waals surface area contributed by atoms with Crippen molar-refractivity contribution < 1.29 is 0 Å². The number of hydrogen-bond donors (Lipinski definition) is 1. The normalized spacial score (nSPS) is 17.5. The summed E-state index contributed by atoms with van der Waals surface area (Å²) in [7, 11) is 6.02. The molecule has 0 radical (unpaired) electrons. The molecule has 106 valence electrons. The number of likely N-dealkylation sites (tertiary alicyclic amines) is 1. The highest BCUT2D eigenvalue weighted by molar-refractivity contribution is 6.37. The van der Waals surface area contributed by atoms with Crippen molar-refractivity contribution in [2.45, 2.75) is 18.9 Å². The van der Waals surface area contributed by atoms with E-state index in [9.17, 15) is 0 Å². The standard InChI is InChI=1S/C13H20Cl2N4/c1-16-12-10(14)8-11(15)13(17-12)19(3)9-4-6-18(2)7-5-9/h8-9H,4-7H2,1-3H3,(H,16,17). The molecule has 1 aromatic rings. The van der Waals surface area contributed by atoms with E-state index < -0.39 is 0 Å². The van der Waals surface area contributed by atoms with Gasteiger partial charge in [-0.05, 0) is 39.0 Å². The third-order valence-corrected chi connectivity index (χ3v) is 4.28. The zero-order valence-corrected chi connectivity index (χ0v) is 13.1. The Labute approximate surface area is 124 Å². The van der Waals surface area contributed by atoms with Crippen LogP contribution in [0.2, 0.25) is 10.0 Å². The highest BCUT2D eigenvalue weighted by Crippen LogP contribution is 2.32. The molecule has 0 unspecified atom stereocenters. The lowest BCUT2D eigenvalue weighted by Gasteiger charge is -2.36. The molecule has 0 bridgehead atoms. The maximum absolute atomic E-state index is 6.27. The first-order valence-corrected chi connectivity index (χ1v) is 7.23. The van der Waals surface area contributed by atoms with Crippen molar-refractivity contribution in [3.8, 4) is 0 Å². The van der Waals surface area contributed by atoms with Gasteiger partial charge in [0, 0.05) is 20.1 Å². The summed E-state index contributed by atoms with van der Waals surface area (Å²) in [6, 6.07) is 2.23. The van der Waals surface area contributed by atoms with E-state index in [-0.39, 0.29) is 0 Å². The molecule has 19 heavy (non-hydrogen) atoms. The predicted octanol–water partition coefficient (Wildman–Crippen LogP) is 2.96. The number of anilines is 2. The molecule has 0 aromatic carbocycles. The fraction of sp³-hybridized carbons (Fsp3) is 0.615. The first kappa shape index (κ1) is 14.7. The lowest BCUT2D eigenvalue weighted by Crippen LogP contribution is -2.42. The molecule has 1 saturated heterocycles. The average molecular weight is 303 g/mol.